The summed E-state index contributed by atoms with van der Waals surface area (Å²) >= 11 is 1.66. The lowest BCUT2D eigenvalue weighted by molar-refractivity contribution is 0.0951. The number of methoxy groups -OCH3 is 1. The predicted molar refractivity (Wildman–Crippen MR) is 86.5 cm³/mol. The molecular weight excluding hydrogens is 282 g/mol. The summed E-state index contributed by atoms with van der Waals surface area (Å²) in [5, 5.41) is 2.94. The maximum absolute atomic E-state index is 12.1. The van der Waals surface area contributed by atoms with Gasteiger partial charge in [0.25, 0.3) is 5.91 Å². The van der Waals surface area contributed by atoms with Gasteiger partial charge in [0.2, 0.25) is 0 Å². The lowest BCUT2D eigenvalue weighted by Crippen LogP contribution is -2.22. The highest BCUT2D eigenvalue weighted by Gasteiger charge is 2.05. The van der Waals surface area contributed by atoms with Crippen LogP contribution in [0, 0.1) is 0 Å². The van der Waals surface area contributed by atoms with Gasteiger partial charge in [0.05, 0.1) is 6.61 Å². The Labute approximate surface area is 129 Å². The number of carbonyl (C=O) groups excluding carboxylic acids is 1. The van der Waals surface area contributed by atoms with Crippen molar-refractivity contribution < 1.29 is 9.53 Å². The molecule has 0 bridgehead atoms. The Bertz CT molecular complexity index is 596. The zero-order chi connectivity index (χ0) is 15.1. The average molecular weight is 301 g/mol. The molecule has 0 atom stereocenters. The first kappa shape index (κ1) is 15.6. The molecule has 1 N–H and O–H groups in total. The molecule has 0 fully saturated rings. The third-order valence-corrected chi connectivity index (χ3v) is 3.85. The van der Waals surface area contributed by atoms with E-state index in [2.05, 4.69) is 5.32 Å². The molecule has 2 rings (SSSR count). The Kier molecular flexibility index (Phi) is 5.84. The van der Waals surface area contributed by atoms with Crippen molar-refractivity contribution in [2.24, 2.45) is 0 Å². The second-order valence-corrected chi connectivity index (χ2v) is 5.54. The summed E-state index contributed by atoms with van der Waals surface area (Å²) in [6.07, 6.45) is 2.02. The Hall–Kier alpha value is -1.78. The molecule has 0 spiro atoms. The normalized spacial score (nSPS) is 10.4. The maximum atomic E-state index is 12.1. The first-order valence-corrected chi connectivity index (χ1v) is 7.94. The number of thioether (sulfide) groups is 1. The van der Waals surface area contributed by atoms with E-state index in [9.17, 15) is 4.79 Å². The van der Waals surface area contributed by atoms with Crippen LogP contribution in [0.3, 0.4) is 0 Å². The van der Waals surface area contributed by atoms with E-state index in [1.54, 1.807) is 18.9 Å². The van der Waals surface area contributed by atoms with Crippen LogP contribution in [0.4, 0.5) is 0 Å². The third kappa shape index (κ3) is 4.62. The van der Waals surface area contributed by atoms with E-state index in [-0.39, 0.29) is 5.91 Å². The van der Waals surface area contributed by atoms with E-state index >= 15 is 0 Å². The molecule has 2 aromatic carbocycles. The number of amides is 1. The zero-order valence-electron chi connectivity index (χ0n) is 12.3. The fourth-order valence-electron chi connectivity index (χ4n) is 2.02. The number of ether oxygens (including phenoxy) is 1. The van der Waals surface area contributed by atoms with Gasteiger partial charge in [-0.3, -0.25) is 4.79 Å². The molecule has 0 aliphatic carbocycles. The monoisotopic (exact) mass is 301 g/mol. The minimum Gasteiger partial charge on any atom is -0.380 e. The summed E-state index contributed by atoms with van der Waals surface area (Å²) in [5.41, 5.74) is 2.85. The summed E-state index contributed by atoms with van der Waals surface area (Å²) in [5.74, 6) is -0.0557. The molecule has 2 aromatic rings. The standard InChI is InChI=1S/C17H19NO2S/c1-20-12-14-5-3-4-13(10-14)11-18-17(19)15-6-8-16(21-2)9-7-15/h3-10H,11-12H2,1-2H3,(H,18,19). The van der Waals surface area contributed by atoms with Crippen molar-refractivity contribution in [3.05, 3.63) is 65.2 Å². The fourth-order valence-corrected chi connectivity index (χ4v) is 2.43. The summed E-state index contributed by atoms with van der Waals surface area (Å²) in [6.45, 7) is 1.10. The number of hydrogen-bond donors (Lipinski definition) is 1. The number of nitrogens with one attached hydrogen (secondary N) is 1. The smallest absolute Gasteiger partial charge is 0.251 e. The third-order valence-electron chi connectivity index (χ3n) is 3.11. The first-order valence-electron chi connectivity index (χ1n) is 6.72. The predicted octanol–water partition coefficient (Wildman–Crippen LogP) is 3.48. The van der Waals surface area contributed by atoms with Crippen molar-refractivity contribution in [2.45, 2.75) is 18.0 Å². The molecule has 0 saturated heterocycles. The molecule has 0 heterocycles. The topological polar surface area (TPSA) is 38.3 Å². The van der Waals surface area contributed by atoms with Crippen molar-refractivity contribution in [3.63, 3.8) is 0 Å². The molecule has 0 aliphatic rings. The van der Waals surface area contributed by atoms with Gasteiger partial charge in [0.1, 0.15) is 0 Å². The lowest BCUT2D eigenvalue weighted by Gasteiger charge is -2.07. The number of benzene rings is 2. The molecule has 0 aromatic heterocycles. The van der Waals surface area contributed by atoms with E-state index in [0.29, 0.717) is 18.7 Å². The van der Waals surface area contributed by atoms with Crippen molar-refractivity contribution >= 4 is 17.7 Å². The fraction of sp³-hybridized carbons (Fsp3) is 0.235. The Morgan fingerprint density at radius 3 is 2.52 bits per heavy atom. The highest BCUT2D eigenvalue weighted by molar-refractivity contribution is 7.98. The number of carbonyl (C=O) groups is 1. The second-order valence-electron chi connectivity index (χ2n) is 4.66. The molecule has 4 heteroatoms. The van der Waals surface area contributed by atoms with Crippen LogP contribution in [0.1, 0.15) is 21.5 Å². The Morgan fingerprint density at radius 1 is 1.14 bits per heavy atom. The Morgan fingerprint density at radius 2 is 1.86 bits per heavy atom. The highest BCUT2D eigenvalue weighted by atomic mass is 32.2. The van der Waals surface area contributed by atoms with Crippen LogP contribution < -0.4 is 5.32 Å². The summed E-state index contributed by atoms with van der Waals surface area (Å²) < 4.78 is 5.11. The molecule has 110 valence electrons. The molecule has 0 radical (unpaired) electrons. The quantitative estimate of drug-likeness (QED) is 0.830. The molecule has 0 unspecified atom stereocenters. The van der Waals surface area contributed by atoms with Gasteiger partial charge < -0.3 is 10.1 Å². The van der Waals surface area contributed by atoms with Gasteiger partial charge in [-0.05, 0) is 41.6 Å². The molecule has 21 heavy (non-hydrogen) atoms. The van der Waals surface area contributed by atoms with Crippen LogP contribution in [-0.4, -0.2) is 19.3 Å². The first-order chi connectivity index (χ1) is 10.2. The van der Waals surface area contributed by atoms with E-state index in [4.69, 9.17) is 4.74 Å². The summed E-state index contributed by atoms with van der Waals surface area (Å²) in [7, 11) is 1.67. The molecule has 3 nitrogen and oxygen atoms in total. The van der Waals surface area contributed by atoms with Gasteiger partial charge in [-0.25, -0.2) is 0 Å². The van der Waals surface area contributed by atoms with Crippen LogP contribution in [0.5, 0.6) is 0 Å². The molecule has 0 saturated carbocycles. The SMILES string of the molecule is COCc1cccc(CNC(=O)c2ccc(SC)cc2)c1. The maximum Gasteiger partial charge on any atom is 0.251 e. The van der Waals surface area contributed by atoms with Crippen LogP contribution in [-0.2, 0) is 17.9 Å². The Balaban J connectivity index is 1.95. The summed E-state index contributed by atoms with van der Waals surface area (Å²) in [4.78, 5) is 13.2. The van der Waals surface area contributed by atoms with E-state index < -0.39 is 0 Å². The minimum atomic E-state index is -0.0557. The van der Waals surface area contributed by atoms with Gasteiger partial charge in [-0.2, -0.15) is 0 Å². The number of rotatable bonds is 6. The molecule has 0 aliphatic heterocycles. The van der Waals surface area contributed by atoms with Crippen LogP contribution in [0.15, 0.2) is 53.4 Å². The number of hydrogen-bond acceptors (Lipinski definition) is 3. The van der Waals surface area contributed by atoms with Crippen molar-refractivity contribution in [1.29, 1.82) is 0 Å². The van der Waals surface area contributed by atoms with Crippen LogP contribution in [0.2, 0.25) is 0 Å². The average Bonchev–Trinajstić information content (AvgIpc) is 2.53. The van der Waals surface area contributed by atoms with E-state index in [1.165, 1.54) is 0 Å². The van der Waals surface area contributed by atoms with Gasteiger partial charge in [0, 0.05) is 24.1 Å². The zero-order valence-corrected chi connectivity index (χ0v) is 13.1. The summed E-state index contributed by atoms with van der Waals surface area (Å²) in [6, 6.07) is 15.6. The minimum absolute atomic E-state index is 0.0557. The van der Waals surface area contributed by atoms with Crippen LogP contribution >= 0.6 is 11.8 Å². The van der Waals surface area contributed by atoms with Crippen molar-refractivity contribution in [3.8, 4) is 0 Å². The largest absolute Gasteiger partial charge is 0.380 e. The second kappa shape index (κ2) is 7.86. The van der Waals surface area contributed by atoms with E-state index in [0.717, 1.165) is 16.0 Å². The molecule has 1 amide bonds. The van der Waals surface area contributed by atoms with E-state index in [1.807, 2.05) is 54.8 Å². The van der Waals surface area contributed by atoms with Gasteiger partial charge >= 0.3 is 0 Å². The van der Waals surface area contributed by atoms with Gasteiger partial charge in [0.15, 0.2) is 0 Å². The molecular formula is C17H19NO2S. The van der Waals surface area contributed by atoms with Gasteiger partial charge in [-0.1, -0.05) is 24.3 Å². The lowest BCUT2D eigenvalue weighted by atomic mass is 10.1. The van der Waals surface area contributed by atoms with Crippen LogP contribution in [0.25, 0.3) is 0 Å². The highest BCUT2D eigenvalue weighted by Crippen LogP contribution is 2.15. The van der Waals surface area contributed by atoms with Crippen molar-refractivity contribution in [1.82, 2.24) is 5.32 Å². The van der Waals surface area contributed by atoms with Crippen molar-refractivity contribution in [2.75, 3.05) is 13.4 Å². The van der Waals surface area contributed by atoms with Gasteiger partial charge in [-0.15, -0.1) is 11.8 Å².